The highest BCUT2D eigenvalue weighted by atomic mass is 32.1. The lowest BCUT2D eigenvalue weighted by Crippen LogP contribution is -2.53. The fraction of sp³-hybridized carbons (Fsp3) is 0.421. The molecule has 1 aromatic carbocycles. The number of amides is 1. The van der Waals surface area contributed by atoms with Crippen LogP contribution in [0.3, 0.4) is 0 Å². The molecule has 138 valence electrons. The standard InChI is InChI=1S/C19H25N5OS/c1-3-20-19(24-11-9-23(10-12-24)15(2)25)21-13-17-14-26-18(22-17)16-7-5-4-6-8-16/h4-8,14H,3,9-13H2,1-2H3,(H,20,21). The highest BCUT2D eigenvalue weighted by Crippen LogP contribution is 2.23. The van der Waals surface area contributed by atoms with Gasteiger partial charge >= 0.3 is 0 Å². The van der Waals surface area contributed by atoms with Crippen LogP contribution in [-0.2, 0) is 11.3 Å². The number of aromatic nitrogens is 1. The summed E-state index contributed by atoms with van der Waals surface area (Å²) in [4.78, 5) is 25.0. The zero-order chi connectivity index (χ0) is 18.4. The topological polar surface area (TPSA) is 60.8 Å². The number of hydrogen-bond acceptors (Lipinski definition) is 4. The highest BCUT2D eigenvalue weighted by molar-refractivity contribution is 7.13. The second-order valence-corrected chi connectivity index (χ2v) is 7.03. The van der Waals surface area contributed by atoms with Gasteiger partial charge in [0.1, 0.15) is 5.01 Å². The van der Waals surface area contributed by atoms with E-state index in [1.54, 1.807) is 18.3 Å². The van der Waals surface area contributed by atoms with Crippen LogP contribution in [0.25, 0.3) is 10.6 Å². The third-order valence-corrected chi connectivity index (χ3v) is 5.26. The lowest BCUT2D eigenvalue weighted by molar-refractivity contribution is -0.130. The van der Waals surface area contributed by atoms with Gasteiger partial charge in [-0.3, -0.25) is 4.79 Å². The largest absolute Gasteiger partial charge is 0.357 e. The van der Waals surface area contributed by atoms with Gasteiger partial charge in [0.25, 0.3) is 0 Å². The van der Waals surface area contributed by atoms with Gasteiger partial charge in [0.05, 0.1) is 12.2 Å². The molecule has 0 spiro atoms. The van der Waals surface area contributed by atoms with Crippen LogP contribution >= 0.6 is 11.3 Å². The Kier molecular flexibility index (Phi) is 6.22. The number of nitrogens with zero attached hydrogens (tertiary/aromatic N) is 4. The number of nitrogens with one attached hydrogen (secondary N) is 1. The SMILES string of the molecule is CCNC(=NCc1csc(-c2ccccc2)n1)N1CCN(C(C)=O)CC1. The van der Waals surface area contributed by atoms with Crippen LogP contribution in [0.1, 0.15) is 19.5 Å². The van der Waals surface area contributed by atoms with E-state index in [9.17, 15) is 4.79 Å². The number of carbonyl (C=O) groups is 1. The smallest absolute Gasteiger partial charge is 0.219 e. The lowest BCUT2D eigenvalue weighted by Gasteiger charge is -2.36. The highest BCUT2D eigenvalue weighted by Gasteiger charge is 2.20. The molecule has 0 unspecified atom stereocenters. The summed E-state index contributed by atoms with van der Waals surface area (Å²) in [6.07, 6.45) is 0. The third-order valence-electron chi connectivity index (χ3n) is 4.32. The lowest BCUT2D eigenvalue weighted by atomic mass is 10.2. The Balaban J connectivity index is 1.65. The summed E-state index contributed by atoms with van der Waals surface area (Å²) in [7, 11) is 0. The molecular formula is C19H25N5OS. The van der Waals surface area contributed by atoms with Crippen LogP contribution in [0.4, 0.5) is 0 Å². The monoisotopic (exact) mass is 371 g/mol. The number of hydrogen-bond donors (Lipinski definition) is 1. The van der Waals surface area contributed by atoms with E-state index in [1.165, 1.54) is 0 Å². The first kappa shape index (κ1) is 18.4. The van der Waals surface area contributed by atoms with Crippen molar-refractivity contribution in [3.63, 3.8) is 0 Å². The maximum atomic E-state index is 11.5. The number of guanidine groups is 1. The van der Waals surface area contributed by atoms with E-state index in [1.807, 2.05) is 23.1 Å². The Labute approximate surface area is 158 Å². The molecule has 7 heteroatoms. The molecular weight excluding hydrogens is 346 g/mol. The van der Waals surface area contributed by atoms with Crippen molar-refractivity contribution in [1.82, 2.24) is 20.1 Å². The molecule has 6 nitrogen and oxygen atoms in total. The van der Waals surface area contributed by atoms with E-state index in [2.05, 4.69) is 34.7 Å². The molecule has 1 amide bonds. The van der Waals surface area contributed by atoms with Gasteiger partial charge in [0, 0.05) is 50.6 Å². The van der Waals surface area contributed by atoms with Crippen molar-refractivity contribution in [2.75, 3.05) is 32.7 Å². The molecule has 1 fully saturated rings. The second kappa shape index (κ2) is 8.80. The molecule has 2 aromatic rings. The first-order valence-electron chi connectivity index (χ1n) is 8.96. The number of piperazine rings is 1. The Morgan fingerprint density at radius 1 is 1.19 bits per heavy atom. The van der Waals surface area contributed by atoms with E-state index in [0.29, 0.717) is 6.54 Å². The van der Waals surface area contributed by atoms with Crippen molar-refractivity contribution in [3.8, 4) is 10.6 Å². The second-order valence-electron chi connectivity index (χ2n) is 6.17. The molecule has 0 atom stereocenters. The summed E-state index contributed by atoms with van der Waals surface area (Å²) in [5.74, 6) is 1.03. The normalized spacial score (nSPS) is 15.2. The summed E-state index contributed by atoms with van der Waals surface area (Å²) in [5, 5.41) is 6.45. The van der Waals surface area contributed by atoms with Crippen LogP contribution in [0.5, 0.6) is 0 Å². The van der Waals surface area contributed by atoms with E-state index >= 15 is 0 Å². The van der Waals surface area contributed by atoms with Crippen LogP contribution in [0.2, 0.25) is 0 Å². The van der Waals surface area contributed by atoms with Crippen LogP contribution in [0, 0.1) is 0 Å². The minimum atomic E-state index is 0.141. The molecule has 1 aliphatic rings. The molecule has 1 N–H and O–H groups in total. The van der Waals surface area contributed by atoms with E-state index in [-0.39, 0.29) is 5.91 Å². The van der Waals surface area contributed by atoms with Gasteiger partial charge in [-0.1, -0.05) is 30.3 Å². The molecule has 3 rings (SSSR count). The van der Waals surface area contributed by atoms with Gasteiger partial charge in [-0.05, 0) is 6.92 Å². The van der Waals surface area contributed by atoms with Crippen molar-refractivity contribution in [2.45, 2.75) is 20.4 Å². The summed E-state index contributed by atoms with van der Waals surface area (Å²) < 4.78 is 0. The van der Waals surface area contributed by atoms with Crippen molar-refractivity contribution in [1.29, 1.82) is 0 Å². The maximum Gasteiger partial charge on any atom is 0.219 e. The molecule has 1 aliphatic heterocycles. The molecule has 1 saturated heterocycles. The summed E-state index contributed by atoms with van der Waals surface area (Å²) >= 11 is 1.65. The van der Waals surface area contributed by atoms with Crippen molar-refractivity contribution < 1.29 is 4.79 Å². The Morgan fingerprint density at radius 3 is 2.54 bits per heavy atom. The van der Waals surface area contributed by atoms with Crippen LogP contribution < -0.4 is 5.32 Å². The number of rotatable bonds is 4. The zero-order valence-corrected chi connectivity index (χ0v) is 16.1. The zero-order valence-electron chi connectivity index (χ0n) is 15.3. The first-order chi connectivity index (χ1) is 12.7. The van der Waals surface area contributed by atoms with Gasteiger partial charge in [0.2, 0.25) is 5.91 Å². The third kappa shape index (κ3) is 4.60. The molecule has 1 aromatic heterocycles. The van der Waals surface area contributed by atoms with Crippen LogP contribution in [0.15, 0.2) is 40.7 Å². The van der Waals surface area contributed by atoms with Gasteiger partial charge < -0.3 is 15.1 Å². The predicted molar refractivity (Wildman–Crippen MR) is 106 cm³/mol. The van der Waals surface area contributed by atoms with Gasteiger partial charge in [-0.25, -0.2) is 9.98 Å². The summed E-state index contributed by atoms with van der Waals surface area (Å²) in [6.45, 7) is 8.16. The Bertz CT molecular complexity index is 750. The van der Waals surface area contributed by atoms with Crippen molar-refractivity contribution in [2.24, 2.45) is 4.99 Å². The van der Waals surface area contributed by atoms with E-state index in [4.69, 9.17) is 9.98 Å². The minimum absolute atomic E-state index is 0.141. The van der Waals surface area contributed by atoms with E-state index in [0.717, 1.165) is 54.9 Å². The molecule has 26 heavy (non-hydrogen) atoms. The maximum absolute atomic E-state index is 11.5. The minimum Gasteiger partial charge on any atom is -0.357 e. The van der Waals surface area contributed by atoms with E-state index < -0.39 is 0 Å². The van der Waals surface area contributed by atoms with Gasteiger partial charge in [-0.15, -0.1) is 11.3 Å². The number of aliphatic imine (C=N–C) groups is 1. The molecule has 0 radical (unpaired) electrons. The molecule has 0 bridgehead atoms. The van der Waals surface area contributed by atoms with Crippen LogP contribution in [-0.4, -0.2) is 59.4 Å². The molecule has 0 saturated carbocycles. The number of benzene rings is 1. The first-order valence-corrected chi connectivity index (χ1v) is 9.84. The summed E-state index contributed by atoms with van der Waals surface area (Å²) in [6, 6.07) is 10.2. The van der Waals surface area contributed by atoms with Crippen molar-refractivity contribution >= 4 is 23.2 Å². The fourth-order valence-electron chi connectivity index (χ4n) is 2.91. The average molecular weight is 372 g/mol. The predicted octanol–water partition coefficient (Wildman–Crippen LogP) is 2.44. The Hall–Kier alpha value is -2.41. The van der Waals surface area contributed by atoms with Crippen molar-refractivity contribution in [3.05, 3.63) is 41.4 Å². The summed E-state index contributed by atoms with van der Waals surface area (Å²) in [5.41, 5.74) is 2.12. The number of carbonyl (C=O) groups excluding carboxylic acids is 1. The molecule has 0 aliphatic carbocycles. The quantitative estimate of drug-likeness (QED) is 0.662. The fourth-order valence-corrected chi connectivity index (χ4v) is 3.72. The Morgan fingerprint density at radius 2 is 1.88 bits per heavy atom. The number of thiazole rings is 1. The van der Waals surface area contributed by atoms with Gasteiger partial charge in [0.15, 0.2) is 5.96 Å². The van der Waals surface area contributed by atoms with Gasteiger partial charge in [-0.2, -0.15) is 0 Å². The molecule has 2 heterocycles. The average Bonchev–Trinajstić information content (AvgIpc) is 3.15.